The number of unbranched alkanes of at least 4 members (excludes halogenated alkanes) is 1. The number of amides is 1. The highest BCUT2D eigenvalue weighted by Gasteiger charge is 2.23. The molecule has 1 amide bonds. The van der Waals surface area contributed by atoms with E-state index in [1.54, 1.807) is 7.05 Å². The number of nitrogens with zero attached hydrogens (tertiary/aromatic N) is 2. The molecule has 7 nitrogen and oxygen atoms in total. The van der Waals surface area contributed by atoms with Gasteiger partial charge in [0.05, 0.1) is 13.2 Å². The zero-order valence-corrected chi connectivity index (χ0v) is 19.0. The molecule has 1 atom stereocenters. The van der Waals surface area contributed by atoms with Gasteiger partial charge >= 0.3 is 0 Å². The third kappa shape index (κ3) is 7.95. The van der Waals surface area contributed by atoms with Gasteiger partial charge in [-0.2, -0.15) is 0 Å². The van der Waals surface area contributed by atoms with Gasteiger partial charge in [-0.25, -0.2) is 0 Å². The maximum Gasteiger partial charge on any atom is 0.251 e. The highest BCUT2D eigenvalue weighted by Crippen LogP contribution is 2.12. The van der Waals surface area contributed by atoms with Crippen molar-refractivity contribution in [3.63, 3.8) is 0 Å². The van der Waals surface area contributed by atoms with Crippen LogP contribution in [-0.4, -0.2) is 69.2 Å². The van der Waals surface area contributed by atoms with Gasteiger partial charge in [-0.1, -0.05) is 39.3 Å². The number of rotatable bonds is 10. The Bertz CT molecular complexity index is 654. The van der Waals surface area contributed by atoms with Gasteiger partial charge in [0, 0.05) is 51.4 Å². The molecule has 0 aromatic heterocycles. The number of hydrogen-bond acceptors (Lipinski definition) is 4. The third-order valence-electron chi connectivity index (χ3n) is 5.48. The number of carbonyl (C=O) groups excluding carboxylic acids is 1. The van der Waals surface area contributed by atoms with Crippen molar-refractivity contribution in [1.82, 2.24) is 20.9 Å². The molecule has 30 heavy (non-hydrogen) atoms. The van der Waals surface area contributed by atoms with Gasteiger partial charge in [0.1, 0.15) is 0 Å². The molecule has 1 aliphatic rings. The number of guanidine groups is 1. The third-order valence-corrected chi connectivity index (χ3v) is 5.48. The molecule has 1 unspecified atom stereocenters. The zero-order valence-electron chi connectivity index (χ0n) is 19.0. The maximum absolute atomic E-state index is 12.1. The molecule has 0 saturated carbocycles. The van der Waals surface area contributed by atoms with Crippen molar-refractivity contribution >= 4 is 11.9 Å². The summed E-state index contributed by atoms with van der Waals surface area (Å²) in [6.07, 6.45) is 2.08. The van der Waals surface area contributed by atoms with Gasteiger partial charge in [-0.05, 0) is 30.0 Å². The molecule has 1 heterocycles. The number of nitrogens with one attached hydrogen (secondary N) is 3. The molecule has 2 rings (SSSR count). The fraction of sp³-hybridized carbons (Fsp3) is 0.652. The van der Waals surface area contributed by atoms with Crippen LogP contribution in [0.4, 0.5) is 0 Å². The molecule has 0 spiro atoms. The molecule has 1 aliphatic heterocycles. The summed E-state index contributed by atoms with van der Waals surface area (Å²) in [6.45, 7) is 12.4. The van der Waals surface area contributed by atoms with E-state index in [1.165, 1.54) is 0 Å². The van der Waals surface area contributed by atoms with E-state index in [0.29, 0.717) is 24.1 Å². The molecule has 0 bridgehead atoms. The molecular formula is C23H39N5O2. The Kier molecular flexibility index (Phi) is 10.7. The van der Waals surface area contributed by atoms with Gasteiger partial charge in [0.2, 0.25) is 0 Å². The lowest BCUT2D eigenvalue weighted by Gasteiger charge is -2.37. The summed E-state index contributed by atoms with van der Waals surface area (Å²) < 4.78 is 5.49. The van der Waals surface area contributed by atoms with Gasteiger partial charge in [-0.3, -0.25) is 14.7 Å². The molecular weight excluding hydrogens is 378 g/mol. The minimum atomic E-state index is -0.0109. The molecule has 3 N–H and O–H groups in total. The molecule has 1 aromatic rings. The first-order valence-electron chi connectivity index (χ1n) is 11.2. The van der Waals surface area contributed by atoms with Crippen LogP contribution in [-0.2, 0) is 11.3 Å². The van der Waals surface area contributed by atoms with E-state index in [-0.39, 0.29) is 5.91 Å². The molecule has 7 heteroatoms. The Balaban J connectivity index is 1.81. The quantitative estimate of drug-likeness (QED) is 0.309. The average molecular weight is 418 g/mol. The van der Waals surface area contributed by atoms with Crippen molar-refractivity contribution in [1.29, 1.82) is 0 Å². The second-order valence-corrected chi connectivity index (χ2v) is 8.07. The topological polar surface area (TPSA) is 78.0 Å². The molecule has 168 valence electrons. The first-order valence-corrected chi connectivity index (χ1v) is 11.2. The Morgan fingerprint density at radius 2 is 1.83 bits per heavy atom. The van der Waals surface area contributed by atoms with E-state index < -0.39 is 0 Å². The summed E-state index contributed by atoms with van der Waals surface area (Å²) in [6, 6.07) is 8.17. The van der Waals surface area contributed by atoms with Crippen LogP contribution in [0.15, 0.2) is 29.3 Å². The van der Waals surface area contributed by atoms with Crippen LogP contribution in [0.25, 0.3) is 0 Å². The van der Waals surface area contributed by atoms with Crippen molar-refractivity contribution in [2.45, 2.75) is 46.2 Å². The van der Waals surface area contributed by atoms with E-state index >= 15 is 0 Å². The first kappa shape index (κ1) is 24.2. The lowest BCUT2D eigenvalue weighted by atomic mass is 10.0. The molecule has 0 aliphatic carbocycles. The average Bonchev–Trinajstić information content (AvgIpc) is 2.77. The summed E-state index contributed by atoms with van der Waals surface area (Å²) in [7, 11) is 1.79. The predicted octanol–water partition coefficient (Wildman–Crippen LogP) is 2.24. The van der Waals surface area contributed by atoms with E-state index in [2.05, 4.69) is 46.6 Å². The largest absolute Gasteiger partial charge is 0.379 e. The number of hydrogen-bond donors (Lipinski definition) is 3. The van der Waals surface area contributed by atoms with Crippen LogP contribution in [0.2, 0.25) is 0 Å². The zero-order chi connectivity index (χ0) is 21.8. The van der Waals surface area contributed by atoms with Crippen molar-refractivity contribution in [2.75, 3.05) is 46.4 Å². The van der Waals surface area contributed by atoms with Crippen LogP contribution < -0.4 is 16.0 Å². The SMILES string of the molecule is CCCCNC(=O)c1ccc(CNC(=NC)NCC(C(C)C)N2CCOCC2)cc1. The van der Waals surface area contributed by atoms with E-state index in [0.717, 1.165) is 63.8 Å². The Labute approximate surface area is 181 Å². The van der Waals surface area contributed by atoms with Gasteiger partial charge in [-0.15, -0.1) is 0 Å². The predicted molar refractivity (Wildman–Crippen MR) is 123 cm³/mol. The number of carbonyl (C=O) groups is 1. The lowest BCUT2D eigenvalue weighted by molar-refractivity contribution is 0.00752. The van der Waals surface area contributed by atoms with Crippen molar-refractivity contribution in [3.8, 4) is 0 Å². The van der Waals surface area contributed by atoms with Gasteiger partial charge in [0.15, 0.2) is 5.96 Å². The van der Waals surface area contributed by atoms with Crippen LogP contribution in [0.5, 0.6) is 0 Å². The van der Waals surface area contributed by atoms with Crippen LogP contribution >= 0.6 is 0 Å². The highest BCUT2D eigenvalue weighted by molar-refractivity contribution is 5.94. The Morgan fingerprint density at radius 1 is 1.13 bits per heavy atom. The van der Waals surface area contributed by atoms with Crippen molar-refractivity contribution < 1.29 is 9.53 Å². The van der Waals surface area contributed by atoms with Gasteiger partial charge in [0.25, 0.3) is 5.91 Å². The summed E-state index contributed by atoms with van der Waals surface area (Å²) in [5.74, 6) is 1.32. The smallest absolute Gasteiger partial charge is 0.251 e. The molecule has 0 radical (unpaired) electrons. The maximum atomic E-state index is 12.1. The summed E-state index contributed by atoms with van der Waals surface area (Å²) >= 11 is 0. The fourth-order valence-corrected chi connectivity index (χ4v) is 3.56. The monoisotopic (exact) mass is 417 g/mol. The minimum Gasteiger partial charge on any atom is -0.379 e. The second kappa shape index (κ2) is 13.2. The van der Waals surface area contributed by atoms with Crippen molar-refractivity contribution in [3.05, 3.63) is 35.4 Å². The Morgan fingerprint density at radius 3 is 2.43 bits per heavy atom. The number of aliphatic imine (C=N–C) groups is 1. The molecule has 1 saturated heterocycles. The summed E-state index contributed by atoms with van der Waals surface area (Å²) in [4.78, 5) is 19.0. The molecule has 1 fully saturated rings. The second-order valence-electron chi connectivity index (χ2n) is 8.07. The van der Waals surface area contributed by atoms with Crippen LogP contribution in [0.1, 0.15) is 49.5 Å². The Hall–Kier alpha value is -2.12. The first-order chi connectivity index (χ1) is 14.5. The summed E-state index contributed by atoms with van der Waals surface area (Å²) in [5, 5.41) is 9.78. The van der Waals surface area contributed by atoms with E-state index in [9.17, 15) is 4.79 Å². The normalized spacial score (nSPS) is 16.4. The van der Waals surface area contributed by atoms with Crippen LogP contribution in [0.3, 0.4) is 0 Å². The van der Waals surface area contributed by atoms with E-state index in [1.807, 2.05) is 24.3 Å². The minimum absolute atomic E-state index is 0.0109. The molecule has 1 aromatic carbocycles. The fourth-order valence-electron chi connectivity index (χ4n) is 3.56. The number of benzene rings is 1. The standard InChI is InChI=1S/C23H39N5O2/c1-5-6-11-25-22(29)20-9-7-19(8-10-20)16-26-23(24-4)27-17-21(18(2)3)28-12-14-30-15-13-28/h7-10,18,21H,5-6,11-17H2,1-4H3,(H,25,29)(H2,24,26,27). The number of ether oxygens (including phenoxy) is 1. The van der Waals surface area contributed by atoms with E-state index in [4.69, 9.17) is 4.74 Å². The van der Waals surface area contributed by atoms with Gasteiger partial charge < -0.3 is 20.7 Å². The summed E-state index contributed by atoms with van der Waals surface area (Å²) in [5.41, 5.74) is 1.80. The highest BCUT2D eigenvalue weighted by atomic mass is 16.5. The number of morpholine rings is 1. The lowest BCUT2D eigenvalue weighted by Crippen LogP contribution is -2.52. The van der Waals surface area contributed by atoms with Crippen molar-refractivity contribution in [2.24, 2.45) is 10.9 Å². The van der Waals surface area contributed by atoms with Crippen LogP contribution in [0, 0.1) is 5.92 Å².